The molecular weight excluding hydrogens is 390 g/mol. The van der Waals surface area contributed by atoms with Gasteiger partial charge in [-0.25, -0.2) is 0 Å². The van der Waals surface area contributed by atoms with Gasteiger partial charge >= 0.3 is 0 Å². The molecular formula is C26H39NO4. The van der Waals surface area contributed by atoms with E-state index in [1.165, 1.54) is 57.1 Å². The van der Waals surface area contributed by atoms with Gasteiger partial charge in [0.25, 0.3) is 0 Å². The number of benzene rings is 1. The monoisotopic (exact) mass is 429 g/mol. The molecule has 0 aromatic heterocycles. The molecule has 2 heterocycles. The molecule has 4 rings (SSSR count). The van der Waals surface area contributed by atoms with Crippen LogP contribution in [0.25, 0.3) is 0 Å². The van der Waals surface area contributed by atoms with Crippen LogP contribution in [0, 0.1) is 11.8 Å². The van der Waals surface area contributed by atoms with Crippen molar-refractivity contribution in [2.75, 3.05) is 26.4 Å². The molecule has 3 aliphatic rings. The molecule has 2 aliphatic heterocycles. The minimum atomic E-state index is -0.872. The Morgan fingerprint density at radius 3 is 2.48 bits per heavy atom. The first-order valence-corrected chi connectivity index (χ1v) is 12.2. The predicted molar refractivity (Wildman–Crippen MR) is 122 cm³/mol. The number of ketones is 1. The molecule has 1 saturated carbocycles. The first-order chi connectivity index (χ1) is 14.9. The fraction of sp³-hybridized carbons (Fsp3) is 0.731. The Morgan fingerprint density at radius 2 is 1.77 bits per heavy atom. The van der Waals surface area contributed by atoms with Crippen LogP contribution >= 0.6 is 0 Å². The van der Waals surface area contributed by atoms with Crippen LogP contribution in [-0.4, -0.2) is 47.8 Å². The van der Waals surface area contributed by atoms with Crippen LogP contribution < -0.4 is 9.47 Å². The van der Waals surface area contributed by atoms with E-state index in [-0.39, 0.29) is 12.2 Å². The molecule has 0 radical (unpaired) electrons. The number of aliphatic hydroxyl groups is 1. The van der Waals surface area contributed by atoms with Crippen molar-refractivity contribution in [1.29, 1.82) is 0 Å². The topological polar surface area (TPSA) is 59.0 Å². The number of fused-ring (bicyclic) bond motifs is 1. The van der Waals surface area contributed by atoms with Gasteiger partial charge in [-0.3, -0.25) is 4.79 Å². The summed E-state index contributed by atoms with van der Waals surface area (Å²) in [6.07, 6.45) is 9.46. The third-order valence-electron chi connectivity index (χ3n) is 7.42. The molecule has 31 heavy (non-hydrogen) atoms. The second-order valence-corrected chi connectivity index (χ2v) is 10.6. The van der Waals surface area contributed by atoms with Crippen LogP contribution in [0.1, 0.15) is 83.1 Å². The quantitative estimate of drug-likeness (QED) is 0.636. The van der Waals surface area contributed by atoms with Gasteiger partial charge in [0.2, 0.25) is 6.79 Å². The zero-order valence-corrected chi connectivity index (χ0v) is 19.3. The van der Waals surface area contributed by atoms with E-state index in [1.807, 2.05) is 6.07 Å². The van der Waals surface area contributed by atoms with E-state index in [2.05, 4.69) is 17.0 Å². The van der Waals surface area contributed by atoms with Crippen molar-refractivity contribution < 1.29 is 19.4 Å². The number of Topliss-reactive ketones (excluding diaryl/α,β-unsaturated/α-hetero) is 1. The number of ether oxygens (including phenoxy) is 2. The summed E-state index contributed by atoms with van der Waals surface area (Å²) in [7, 11) is 0. The Bertz CT molecular complexity index is 740. The third kappa shape index (κ3) is 6.23. The van der Waals surface area contributed by atoms with E-state index in [9.17, 15) is 9.90 Å². The van der Waals surface area contributed by atoms with Crippen molar-refractivity contribution in [2.45, 2.75) is 83.2 Å². The lowest BCUT2D eigenvalue weighted by molar-refractivity contribution is -0.124. The number of rotatable bonds is 8. The summed E-state index contributed by atoms with van der Waals surface area (Å²) in [5.74, 6) is 4.00. The van der Waals surface area contributed by atoms with Gasteiger partial charge in [-0.05, 0) is 89.4 Å². The molecule has 0 bridgehead atoms. The summed E-state index contributed by atoms with van der Waals surface area (Å²) < 4.78 is 11.3. The van der Waals surface area contributed by atoms with Crippen LogP contribution in [0.3, 0.4) is 0 Å². The van der Waals surface area contributed by atoms with Crippen LogP contribution in [0.15, 0.2) is 18.2 Å². The van der Waals surface area contributed by atoms with Crippen molar-refractivity contribution in [1.82, 2.24) is 4.90 Å². The average Bonchev–Trinajstić information content (AvgIpc) is 3.21. The van der Waals surface area contributed by atoms with Crippen LogP contribution in [0.2, 0.25) is 0 Å². The zero-order valence-electron chi connectivity index (χ0n) is 19.3. The molecule has 0 spiro atoms. The van der Waals surface area contributed by atoms with Gasteiger partial charge in [-0.2, -0.15) is 0 Å². The highest BCUT2D eigenvalue weighted by molar-refractivity contribution is 5.79. The van der Waals surface area contributed by atoms with Gasteiger partial charge in [-0.1, -0.05) is 25.0 Å². The summed E-state index contributed by atoms with van der Waals surface area (Å²) in [6.45, 7) is 7.32. The fourth-order valence-corrected chi connectivity index (χ4v) is 5.71. The van der Waals surface area contributed by atoms with Crippen molar-refractivity contribution >= 4 is 5.78 Å². The summed E-state index contributed by atoms with van der Waals surface area (Å²) in [5.41, 5.74) is 0.454. The number of para-hydroxylation sites is 1. The minimum Gasteiger partial charge on any atom is -0.454 e. The molecule has 0 amide bonds. The number of piperidine rings is 1. The van der Waals surface area contributed by atoms with E-state index < -0.39 is 5.60 Å². The van der Waals surface area contributed by atoms with Crippen LogP contribution in [0.4, 0.5) is 0 Å². The molecule has 172 valence electrons. The molecule has 1 aromatic carbocycles. The van der Waals surface area contributed by atoms with Crippen molar-refractivity contribution in [3.05, 3.63) is 23.8 Å². The zero-order chi connectivity index (χ0) is 21.8. The van der Waals surface area contributed by atoms with E-state index in [0.29, 0.717) is 25.0 Å². The first kappa shape index (κ1) is 22.6. The molecule has 2 fully saturated rings. The van der Waals surface area contributed by atoms with E-state index in [0.717, 1.165) is 30.5 Å². The molecule has 0 atom stereocenters. The maximum Gasteiger partial charge on any atom is 0.231 e. The predicted octanol–water partition coefficient (Wildman–Crippen LogP) is 4.91. The van der Waals surface area contributed by atoms with Crippen molar-refractivity contribution in [3.8, 4) is 11.5 Å². The Balaban J connectivity index is 1.15. The number of carbonyl (C=O) groups is 1. The third-order valence-corrected chi connectivity index (χ3v) is 7.42. The van der Waals surface area contributed by atoms with Gasteiger partial charge in [0.15, 0.2) is 11.5 Å². The molecule has 5 heteroatoms. The standard InChI is InChI=1S/C26H39NO4/c1-26(2,29)17-22(28)16-20-8-6-19(7-9-20)10-13-27-14-11-21(12-15-27)23-4-3-5-24-25(23)31-18-30-24/h3-5,19-21,29H,6-18H2,1-2H3. The fourth-order valence-electron chi connectivity index (χ4n) is 5.71. The smallest absolute Gasteiger partial charge is 0.231 e. The lowest BCUT2D eigenvalue weighted by Gasteiger charge is -2.34. The van der Waals surface area contributed by atoms with E-state index in [1.54, 1.807) is 13.8 Å². The highest BCUT2D eigenvalue weighted by atomic mass is 16.7. The normalized spacial score (nSPS) is 25.0. The second-order valence-electron chi connectivity index (χ2n) is 10.6. The van der Waals surface area contributed by atoms with Gasteiger partial charge in [0.05, 0.1) is 5.60 Å². The average molecular weight is 430 g/mol. The van der Waals surface area contributed by atoms with Gasteiger partial charge in [0.1, 0.15) is 5.78 Å². The Labute approximate surface area is 187 Å². The lowest BCUT2D eigenvalue weighted by atomic mass is 9.78. The van der Waals surface area contributed by atoms with E-state index >= 15 is 0 Å². The Hall–Kier alpha value is -1.59. The highest BCUT2D eigenvalue weighted by Gasteiger charge is 2.28. The Morgan fingerprint density at radius 1 is 1.06 bits per heavy atom. The number of hydrogen-bond donors (Lipinski definition) is 1. The van der Waals surface area contributed by atoms with Crippen molar-refractivity contribution in [3.63, 3.8) is 0 Å². The van der Waals surface area contributed by atoms with Crippen LogP contribution in [-0.2, 0) is 4.79 Å². The van der Waals surface area contributed by atoms with Crippen LogP contribution in [0.5, 0.6) is 11.5 Å². The summed E-state index contributed by atoms with van der Waals surface area (Å²) in [4.78, 5) is 14.8. The highest BCUT2D eigenvalue weighted by Crippen LogP contribution is 2.42. The number of hydrogen-bond acceptors (Lipinski definition) is 5. The first-order valence-electron chi connectivity index (χ1n) is 12.2. The molecule has 1 aromatic rings. The maximum atomic E-state index is 12.2. The molecule has 1 saturated heterocycles. The van der Waals surface area contributed by atoms with Gasteiger partial charge in [0, 0.05) is 18.4 Å². The number of nitrogens with zero attached hydrogens (tertiary/aromatic N) is 1. The SMILES string of the molecule is CC(C)(O)CC(=O)CC1CCC(CCN2CCC(c3cccc4c3OCO4)CC2)CC1. The number of likely N-dealkylation sites (tertiary alicyclic amines) is 1. The molecule has 0 unspecified atom stereocenters. The molecule has 1 aliphatic carbocycles. The maximum absolute atomic E-state index is 12.2. The Kier molecular flexibility index (Phi) is 7.22. The van der Waals surface area contributed by atoms with E-state index in [4.69, 9.17) is 9.47 Å². The second kappa shape index (κ2) is 9.91. The number of carbonyl (C=O) groups excluding carboxylic acids is 1. The van der Waals surface area contributed by atoms with Gasteiger partial charge in [-0.15, -0.1) is 0 Å². The molecule has 1 N–H and O–H groups in total. The minimum absolute atomic E-state index is 0.222. The molecule has 5 nitrogen and oxygen atoms in total. The largest absolute Gasteiger partial charge is 0.454 e. The summed E-state index contributed by atoms with van der Waals surface area (Å²) in [6, 6.07) is 6.29. The lowest BCUT2D eigenvalue weighted by Crippen LogP contribution is -2.35. The summed E-state index contributed by atoms with van der Waals surface area (Å²) in [5, 5.41) is 9.84. The van der Waals surface area contributed by atoms with Gasteiger partial charge < -0.3 is 19.5 Å². The van der Waals surface area contributed by atoms with Crippen molar-refractivity contribution in [2.24, 2.45) is 11.8 Å². The summed E-state index contributed by atoms with van der Waals surface area (Å²) >= 11 is 0.